The summed E-state index contributed by atoms with van der Waals surface area (Å²) in [5, 5.41) is 0. The van der Waals surface area contributed by atoms with Crippen molar-refractivity contribution in [2.75, 3.05) is 0 Å². The molecular formula is C19H28ClZr. The van der Waals surface area contributed by atoms with Crippen LogP contribution in [0.2, 0.25) is 3.63 Å². The Kier molecular flexibility index (Phi) is 9.14. The molecule has 21 heavy (non-hydrogen) atoms. The van der Waals surface area contributed by atoms with E-state index in [4.69, 9.17) is 0 Å². The predicted octanol–water partition coefficient (Wildman–Crippen LogP) is 6.64. The van der Waals surface area contributed by atoms with E-state index in [1.165, 1.54) is 51.4 Å². The minimum Gasteiger partial charge on any atom is -0.147 e. The Morgan fingerprint density at radius 1 is 0.905 bits per heavy atom. The summed E-state index contributed by atoms with van der Waals surface area (Å²) < 4.78 is 0.742. The standard InChI is InChI=1S/C19H27.ClH.Zr/c1-3-5-9-16-11-7-13-18(16)15-19-14-8-12-17(19)10-6-4-2;;/h7-8,11-12,15H,3-6,9-10,13-14H2,1-2H3;1H;. The number of unbranched alkanes of at least 4 members (excludes halogenated alkanes) is 2. The molecule has 0 atom stereocenters. The van der Waals surface area contributed by atoms with Gasteiger partial charge in [0.1, 0.15) is 0 Å². The third-order valence-electron chi connectivity index (χ3n) is 4.43. The summed E-state index contributed by atoms with van der Waals surface area (Å²) in [6, 6.07) is 0. The van der Waals surface area contributed by atoms with E-state index in [1.807, 2.05) is 0 Å². The van der Waals surface area contributed by atoms with Crippen molar-refractivity contribution in [3.8, 4) is 0 Å². The molecular weight excluding hydrogens is 355 g/mol. The Hall–Kier alpha value is 0.133. The Morgan fingerprint density at radius 2 is 1.33 bits per heavy atom. The van der Waals surface area contributed by atoms with Crippen molar-refractivity contribution in [3.05, 3.63) is 46.6 Å². The molecule has 0 bridgehead atoms. The fraction of sp³-hybridized carbons (Fsp3) is 0.579. The fourth-order valence-corrected chi connectivity index (χ4v) is 4.66. The molecule has 0 aromatic carbocycles. The molecule has 0 saturated carbocycles. The third kappa shape index (κ3) is 5.07. The molecule has 2 aliphatic carbocycles. The fourth-order valence-electron chi connectivity index (χ4n) is 3.17. The number of rotatable bonds is 8. The molecule has 2 rings (SSSR count). The molecule has 0 fully saturated rings. The van der Waals surface area contributed by atoms with Crippen LogP contribution in [0, 0.1) is 0 Å². The Balaban J connectivity index is 0.00000220. The van der Waals surface area contributed by atoms with Crippen LogP contribution in [0.4, 0.5) is 0 Å². The maximum atomic E-state index is 2.40. The van der Waals surface area contributed by atoms with E-state index in [0.717, 1.165) is 3.63 Å². The molecule has 115 valence electrons. The number of halogens is 1. The smallest absolute Gasteiger partial charge is 0.147 e. The molecule has 0 radical (unpaired) electrons. The van der Waals surface area contributed by atoms with E-state index in [9.17, 15) is 0 Å². The van der Waals surface area contributed by atoms with Crippen LogP contribution >= 0.6 is 12.4 Å². The molecule has 0 unspecified atom stereocenters. The largest absolute Gasteiger partial charge is 0.147 e. The molecule has 0 aliphatic heterocycles. The van der Waals surface area contributed by atoms with E-state index < -0.39 is 0 Å². The van der Waals surface area contributed by atoms with Crippen molar-refractivity contribution < 1.29 is 24.7 Å². The summed E-state index contributed by atoms with van der Waals surface area (Å²) in [7, 11) is 0. The van der Waals surface area contributed by atoms with Gasteiger partial charge in [-0.1, -0.05) is 0 Å². The second-order valence-electron chi connectivity index (χ2n) is 5.95. The van der Waals surface area contributed by atoms with Crippen LogP contribution in [-0.2, 0) is 24.7 Å². The molecule has 0 N–H and O–H groups in total. The average Bonchev–Trinajstić information content (AvgIpc) is 3.10. The van der Waals surface area contributed by atoms with Gasteiger partial charge in [-0.3, -0.25) is 0 Å². The Bertz CT molecular complexity index is 412. The van der Waals surface area contributed by atoms with Gasteiger partial charge in [0, 0.05) is 0 Å². The maximum Gasteiger partial charge on any atom is -0.147 e. The summed E-state index contributed by atoms with van der Waals surface area (Å²) >= 11 is 1.68. The van der Waals surface area contributed by atoms with Gasteiger partial charge >= 0.3 is 140 Å². The quantitative estimate of drug-likeness (QED) is 0.441. The first-order chi connectivity index (χ1) is 9.77. The zero-order valence-electron chi connectivity index (χ0n) is 13.5. The number of allylic oxidation sites excluding steroid dienone is 8. The van der Waals surface area contributed by atoms with Crippen molar-refractivity contribution in [2.24, 2.45) is 0 Å². The number of hydrogen-bond acceptors (Lipinski definition) is 0. The third-order valence-corrected chi connectivity index (χ3v) is 6.15. The van der Waals surface area contributed by atoms with Crippen LogP contribution in [0.25, 0.3) is 0 Å². The van der Waals surface area contributed by atoms with Crippen LogP contribution in [0.15, 0.2) is 46.6 Å². The van der Waals surface area contributed by atoms with Gasteiger partial charge < -0.3 is 0 Å². The van der Waals surface area contributed by atoms with Crippen LogP contribution in [0.5, 0.6) is 0 Å². The summed E-state index contributed by atoms with van der Waals surface area (Å²) in [5.41, 5.74) is 6.79. The second-order valence-corrected chi connectivity index (χ2v) is 7.37. The SMILES string of the molecule is CCCCC1=C([CH]([Zr])C2=C(CCCC)C=CC2)CC=C1.Cl. The summed E-state index contributed by atoms with van der Waals surface area (Å²) in [6.45, 7) is 4.58. The minimum atomic E-state index is 0. The van der Waals surface area contributed by atoms with Gasteiger partial charge in [0.15, 0.2) is 0 Å². The van der Waals surface area contributed by atoms with Crippen molar-refractivity contribution in [3.63, 3.8) is 0 Å². The molecule has 0 saturated heterocycles. The summed E-state index contributed by atoms with van der Waals surface area (Å²) in [6.07, 6.45) is 19.8. The molecule has 0 aromatic heterocycles. The molecule has 0 nitrogen and oxygen atoms in total. The van der Waals surface area contributed by atoms with Gasteiger partial charge in [0.25, 0.3) is 0 Å². The predicted molar refractivity (Wildman–Crippen MR) is 91.6 cm³/mol. The summed E-state index contributed by atoms with van der Waals surface area (Å²) in [5.74, 6) is 0. The minimum absolute atomic E-state index is 0. The van der Waals surface area contributed by atoms with E-state index in [2.05, 4.69) is 38.2 Å². The van der Waals surface area contributed by atoms with Gasteiger partial charge in [0.05, 0.1) is 0 Å². The first kappa shape index (κ1) is 19.2. The van der Waals surface area contributed by atoms with Crippen LogP contribution in [0.1, 0.15) is 65.2 Å². The molecule has 0 heterocycles. The topological polar surface area (TPSA) is 0 Å². The molecule has 2 aliphatic rings. The first-order valence-electron chi connectivity index (χ1n) is 8.25. The monoisotopic (exact) mass is 381 g/mol. The van der Waals surface area contributed by atoms with Crippen molar-refractivity contribution in [2.45, 2.75) is 68.8 Å². The van der Waals surface area contributed by atoms with Crippen LogP contribution in [0.3, 0.4) is 0 Å². The molecule has 0 spiro atoms. The zero-order valence-corrected chi connectivity index (χ0v) is 16.7. The average molecular weight is 383 g/mol. The molecule has 2 heteroatoms. The zero-order chi connectivity index (χ0) is 14.4. The van der Waals surface area contributed by atoms with E-state index in [-0.39, 0.29) is 12.4 Å². The van der Waals surface area contributed by atoms with E-state index >= 15 is 0 Å². The van der Waals surface area contributed by atoms with Crippen molar-refractivity contribution in [1.29, 1.82) is 0 Å². The molecule has 0 aromatic rings. The second kappa shape index (κ2) is 10.0. The van der Waals surface area contributed by atoms with Gasteiger partial charge in [-0.25, -0.2) is 0 Å². The van der Waals surface area contributed by atoms with Gasteiger partial charge in [-0.05, 0) is 0 Å². The number of hydrogen-bond donors (Lipinski definition) is 0. The Morgan fingerprint density at radius 3 is 1.71 bits per heavy atom. The van der Waals surface area contributed by atoms with Crippen LogP contribution < -0.4 is 0 Å². The first-order valence-corrected chi connectivity index (χ1v) is 9.67. The van der Waals surface area contributed by atoms with Crippen molar-refractivity contribution in [1.82, 2.24) is 0 Å². The van der Waals surface area contributed by atoms with E-state index in [1.54, 1.807) is 47.0 Å². The van der Waals surface area contributed by atoms with Crippen LogP contribution in [-0.4, -0.2) is 0 Å². The molecule has 0 amide bonds. The summed E-state index contributed by atoms with van der Waals surface area (Å²) in [4.78, 5) is 0. The van der Waals surface area contributed by atoms with Gasteiger partial charge in [0.2, 0.25) is 0 Å². The Labute approximate surface area is 152 Å². The van der Waals surface area contributed by atoms with E-state index in [0.29, 0.717) is 0 Å². The van der Waals surface area contributed by atoms with Gasteiger partial charge in [-0.2, -0.15) is 0 Å². The van der Waals surface area contributed by atoms with Gasteiger partial charge in [-0.15, -0.1) is 12.4 Å². The normalized spacial score (nSPS) is 17.2. The maximum absolute atomic E-state index is 2.40. The van der Waals surface area contributed by atoms with Crippen molar-refractivity contribution >= 4 is 12.4 Å².